The summed E-state index contributed by atoms with van der Waals surface area (Å²) in [6, 6.07) is 28.8. The molecular weight excluding hydrogens is 382 g/mol. The smallest absolute Gasteiger partial charge is 0.213 e. The van der Waals surface area contributed by atoms with Crippen LogP contribution in [-0.4, -0.2) is 31.2 Å². The van der Waals surface area contributed by atoms with Crippen molar-refractivity contribution >= 4 is 5.57 Å². The molecule has 0 aliphatic carbocycles. The third-order valence-corrected chi connectivity index (χ3v) is 6.02. The summed E-state index contributed by atoms with van der Waals surface area (Å²) in [5.74, 6) is 7.73. The first kappa shape index (κ1) is 19.6. The molecule has 154 valence electrons. The molecule has 3 aromatic rings. The molecule has 2 aliphatic rings. The Hall–Kier alpha value is -3.32. The van der Waals surface area contributed by atoms with E-state index in [9.17, 15) is 0 Å². The van der Waals surface area contributed by atoms with Gasteiger partial charge in [0, 0.05) is 40.9 Å². The van der Waals surface area contributed by atoms with E-state index in [0.29, 0.717) is 13.2 Å². The predicted octanol–water partition coefficient (Wildman–Crippen LogP) is 5.09. The Labute approximate surface area is 183 Å². The zero-order valence-corrected chi connectivity index (χ0v) is 17.7. The van der Waals surface area contributed by atoms with E-state index in [4.69, 9.17) is 9.47 Å². The van der Waals surface area contributed by atoms with Gasteiger partial charge >= 0.3 is 0 Å². The van der Waals surface area contributed by atoms with Gasteiger partial charge in [-0.2, -0.15) is 0 Å². The number of hydrogen-bond donors (Lipinski definition) is 0. The van der Waals surface area contributed by atoms with Gasteiger partial charge in [-0.3, -0.25) is 4.90 Å². The quantitative estimate of drug-likeness (QED) is 0.553. The Bertz CT molecular complexity index is 1150. The van der Waals surface area contributed by atoms with Crippen molar-refractivity contribution in [2.75, 3.05) is 26.3 Å². The Kier molecular flexibility index (Phi) is 5.34. The van der Waals surface area contributed by atoms with E-state index < -0.39 is 5.72 Å². The summed E-state index contributed by atoms with van der Waals surface area (Å²) >= 11 is 0. The summed E-state index contributed by atoms with van der Waals surface area (Å²) in [6.45, 7) is 5.14. The predicted molar refractivity (Wildman–Crippen MR) is 123 cm³/mol. The molecule has 0 aromatic heterocycles. The number of ether oxygens (including phenoxy) is 2. The highest BCUT2D eigenvalue weighted by Gasteiger charge is 2.47. The number of morpholine rings is 1. The minimum absolute atomic E-state index is 0.692. The Morgan fingerprint density at radius 3 is 2.16 bits per heavy atom. The van der Waals surface area contributed by atoms with E-state index in [1.165, 1.54) is 0 Å². The number of rotatable bonds is 2. The van der Waals surface area contributed by atoms with Crippen molar-refractivity contribution in [2.24, 2.45) is 0 Å². The van der Waals surface area contributed by atoms with Crippen LogP contribution in [0.25, 0.3) is 5.57 Å². The average Bonchev–Trinajstić information content (AvgIpc) is 2.85. The second-order valence-electron chi connectivity index (χ2n) is 7.82. The summed E-state index contributed by atoms with van der Waals surface area (Å²) < 4.78 is 12.6. The molecule has 5 rings (SSSR count). The molecule has 1 fully saturated rings. The van der Waals surface area contributed by atoms with E-state index in [1.54, 1.807) is 0 Å². The third kappa shape index (κ3) is 3.55. The Morgan fingerprint density at radius 1 is 0.774 bits per heavy atom. The van der Waals surface area contributed by atoms with E-state index >= 15 is 0 Å². The van der Waals surface area contributed by atoms with Crippen molar-refractivity contribution in [1.29, 1.82) is 0 Å². The SMILES string of the molecule is CC1=C(C#Cc2ccccc2)c2ccccc2O[C@@]1(c1ccccc1)N1CCOCC1. The summed E-state index contributed by atoms with van der Waals surface area (Å²) in [5, 5.41) is 0. The van der Waals surface area contributed by atoms with Gasteiger partial charge in [-0.25, -0.2) is 0 Å². The first-order chi connectivity index (χ1) is 15.3. The second kappa shape index (κ2) is 8.43. The molecule has 0 radical (unpaired) electrons. The number of nitrogens with zero attached hydrogens (tertiary/aromatic N) is 1. The van der Waals surface area contributed by atoms with Crippen molar-refractivity contribution in [3.8, 4) is 17.6 Å². The zero-order valence-electron chi connectivity index (χ0n) is 17.7. The van der Waals surface area contributed by atoms with Gasteiger partial charge in [-0.1, -0.05) is 72.5 Å². The molecule has 0 saturated carbocycles. The molecule has 31 heavy (non-hydrogen) atoms. The number of benzene rings is 3. The lowest BCUT2D eigenvalue weighted by molar-refractivity contribution is -0.106. The van der Waals surface area contributed by atoms with Crippen LogP contribution in [0.2, 0.25) is 0 Å². The zero-order chi connectivity index (χ0) is 21.1. The van der Waals surface area contributed by atoms with Gasteiger partial charge in [0.25, 0.3) is 0 Å². The van der Waals surface area contributed by atoms with Crippen LogP contribution in [0, 0.1) is 11.8 Å². The van der Waals surface area contributed by atoms with Crippen molar-refractivity contribution in [1.82, 2.24) is 4.90 Å². The summed E-state index contributed by atoms with van der Waals surface area (Å²) in [5.41, 5.74) is 4.60. The third-order valence-electron chi connectivity index (χ3n) is 6.02. The van der Waals surface area contributed by atoms with Crippen LogP contribution in [0.15, 0.2) is 90.5 Å². The van der Waals surface area contributed by atoms with Crippen LogP contribution >= 0.6 is 0 Å². The van der Waals surface area contributed by atoms with Gasteiger partial charge in [0.1, 0.15) is 5.75 Å². The fraction of sp³-hybridized carbons (Fsp3) is 0.214. The van der Waals surface area contributed by atoms with Crippen LogP contribution in [0.5, 0.6) is 5.75 Å². The van der Waals surface area contributed by atoms with Gasteiger partial charge in [-0.05, 0) is 31.2 Å². The molecule has 3 aromatic carbocycles. The minimum Gasteiger partial charge on any atom is -0.464 e. The number of allylic oxidation sites excluding steroid dienone is 1. The highest BCUT2D eigenvalue weighted by Crippen LogP contribution is 2.47. The fourth-order valence-corrected chi connectivity index (χ4v) is 4.49. The standard InChI is InChI=1S/C28H25NO2/c1-22-25(17-16-23-10-4-2-5-11-23)26-14-8-9-15-27(26)31-28(22,24-12-6-3-7-13-24)29-18-20-30-21-19-29/h2-15H,18-21H2,1H3/t28-/m0/s1. The number of hydrogen-bond acceptors (Lipinski definition) is 3. The van der Waals surface area contributed by atoms with E-state index in [-0.39, 0.29) is 0 Å². The lowest BCUT2D eigenvalue weighted by Crippen LogP contribution is -2.56. The first-order valence-corrected chi connectivity index (χ1v) is 10.7. The molecule has 1 atom stereocenters. The maximum atomic E-state index is 6.88. The lowest BCUT2D eigenvalue weighted by Gasteiger charge is -2.48. The van der Waals surface area contributed by atoms with Crippen LogP contribution in [0.3, 0.4) is 0 Å². The summed E-state index contributed by atoms with van der Waals surface area (Å²) in [4.78, 5) is 2.39. The Balaban J connectivity index is 1.74. The van der Waals surface area contributed by atoms with Crippen molar-refractivity contribution in [3.63, 3.8) is 0 Å². The molecule has 2 aliphatic heterocycles. The lowest BCUT2D eigenvalue weighted by atomic mass is 9.84. The topological polar surface area (TPSA) is 21.7 Å². The first-order valence-electron chi connectivity index (χ1n) is 10.7. The molecule has 1 saturated heterocycles. The highest BCUT2D eigenvalue weighted by molar-refractivity contribution is 5.87. The van der Waals surface area contributed by atoms with E-state index in [1.807, 2.05) is 54.6 Å². The van der Waals surface area contributed by atoms with Crippen molar-refractivity contribution in [2.45, 2.75) is 12.6 Å². The molecule has 3 nitrogen and oxygen atoms in total. The van der Waals surface area contributed by atoms with Crippen molar-refractivity contribution in [3.05, 3.63) is 107 Å². The van der Waals surface area contributed by atoms with Crippen molar-refractivity contribution < 1.29 is 9.47 Å². The van der Waals surface area contributed by atoms with E-state index in [2.05, 4.69) is 54.0 Å². The summed E-state index contributed by atoms with van der Waals surface area (Å²) in [6.07, 6.45) is 0. The molecule has 2 heterocycles. The molecule has 0 bridgehead atoms. The number of para-hydroxylation sites is 1. The van der Waals surface area contributed by atoms with Gasteiger partial charge in [-0.15, -0.1) is 0 Å². The van der Waals surface area contributed by atoms with Gasteiger partial charge in [0.15, 0.2) is 0 Å². The Morgan fingerprint density at radius 2 is 1.42 bits per heavy atom. The maximum absolute atomic E-state index is 6.88. The summed E-state index contributed by atoms with van der Waals surface area (Å²) in [7, 11) is 0. The molecule has 0 unspecified atom stereocenters. The molecule has 0 N–H and O–H groups in total. The van der Waals surface area contributed by atoms with Crippen LogP contribution in [0.4, 0.5) is 0 Å². The number of fused-ring (bicyclic) bond motifs is 1. The highest BCUT2D eigenvalue weighted by atomic mass is 16.5. The molecule has 0 amide bonds. The van der Waals surface area contributed by atoms with Gasteiger partial charge < -0.3 is 9.47 Å². The maximum Gasteiger partial charge on any atom is 0.213 e. The monoisotopic (exact) mass is 407 g/mol. The van der Waals surface area contributed by atoms with E-state index in [0.717, 1.165) is 46.7 Å². The average molecular weight is 408 g/mol. The minimum atomic E-state index is -0.708. The second-order valence-corrected chi connectivity index (χ2v) is 7.82. The molecule has 3 heteroatoms. The van der Waals surface area contributed by atoms with Gasteiger partial charge in [0.2, 0.25) is 5.72 Å². The largest absolute Gasteiger partial charge is 0.464 e. The molecule has 0 spiro atoms. The van der Waals surface area contributed by atoms with Crippen LogP contribution < -0.4 is 4.74 Å². The normalized spacial score (nSPS) is 20.9. The van der Waals surface area contributed by atoms with Gasteiger partial charge in [0.05, 0.1) is 13.2 Å². The fourth-order valence-electron chi connectivity index (χ4n) is 4.49. The molecular formula is C28H25NO2. The van der Waals surface area contributed by atoms with Crippen LogP contribution in [0.1, 0.15) is 23.6 Å². The van der Waals surface area contributed by atoms with Crippen LogP contribution in [-0.2, 0) is 10.5 Å².